The molecule has 2 heterocycles. The summed E-state index contributed by atoms with van der Waals surface area (Å²) in [5, 5.41) is 13.9. The molecule has 0 bridgehead atoms. The number of carboxylic acid groups (broad SMARTS) is 1. The smallest absolute Gasteiger partial charge is 0.328 e. The van der Waals surface area contributed by atoms with E-state index in [0.29, 0.717) is 12.4 Å². The van der Waals surface area contributed by atoms with E-state index in [-0.39, 0.29) is 0 Å². The summed E-state index contributed by atoms with van der Waals surface area (Å²) in [7, 11) is 0. The van der Waals surface area contributed by atoms with Crippen molar-refractivity contribution in [3.8, 4) is 5.75 Å². The Hall–Kier alpha value is -2.34. The zero-order chi connectivity index (χ0) is 21.3. The lowest BCUT2D eigenvalue weighted by atomic mass is 10.0. The maximum Gasteiger partial charge on any atom is 0.328 e. The third-order valence-electron chi connectivity index (χ3n) is 6.39. The summed E-state index contributed by atoms with van der Waals surface area (Å²) < 4.78 is 6.12. The topological polar surface area (TPSA) is 74.7 Å². The van der Waals surface area contributed by atoms with Gasteiger partial charge in [-0.15, -0.1) is 0 Å². The lowest BCUT2D eigenvalue weighted by Gasteiger charge is -2.24. The van der Waals surface area contributed by atoms with Crippen LogP contribution in [0, 0.1) is 6.92 Å². The van der Waals surface area contributed by atoms with Crippen LogP contribution in [0.25, 0.3) is 10.9 Å². The molecule has 2 aromatic rings. The second kappa shape index (κ2) is 8.42. The van der Waals surface area contributed by atoms with Gasteiger partial charge in [0.25, 0.3) is 0 Å². The van der Waals surface area contributed by atoms with E-state index in [0.717, 1.165) is 54.6 Å². The highest BCUT2D eigenvalue weighted by Gasteiger charge is 2.30. The minimum Gasteiger partial charge on any atom is -0.493 e. The number of benzene rings is 1. The number of anilines is 1. The fourth-order valence-corrected chi connectivity index (χ4v) is 4.59. The minimum atomic E-state index is -1.07. The number of hydrogen-bond donors (Lipinski definition) is 2. The Kier molecular flexibility index (Phi) is 5.87. The minimum absolute atomic E-state index is 0.699. The standard InChI is InChI=1S/C24H33N3O3/c1-16-14-19-17-8-6-9-18(17)22(26-24(2,3)23(28)29)25-20(19)15-21(16)30-13-7-12-27-10-4-5-11-27/h14-15H,4-13H2,1-3H3,(H,25,26)(H,28,29). The lowest BCUT2D eigenvalue weighted by molar-refractivity contribution is -0.141. The zero-order valence-corrected chi connectivity index (χ0v) is 18.4. The van der Waals surface area contributed by atoms with Crippen molar-refractivity contribution in [1.82, 2.24) is 9.88 Å². The van der Waals surface area contributed by atoms with Gasteiger partial charge in [0.05, 0.1) is 12.1 Å². The molecule has 1 aliphatic carbocycles. The van der Waals surface area contributed by atoms with Crippen molar-refractivity contribution in [1.29, 1.82) is 0 Å². The number of likely N-dealkylation sites (tertiary alicyclic amines) is 1. The van der Waals surface area contributed by atoms with Gasteiger partial charge in [0.1, 0.15) is 17.1 Å². The van der Waals surface area contributed by atoms with Crippen molar-refractivity contribution in [3.05, 3.63) is 28.8 Å². The van der Waals surface area contributed by atoms with Gasteiger partial charge in [-0.2, -0.15) is 0 Å². The molecule has 6 heteroatoms. The lowest BCUT2D eigenvalue weighted by Crippen LogP contribution is -2.40. The van der Waals surface area contributed by atoms with Crippen LogP contribution in [0.3, 0.4) is 0 Å². The molecular weight excluding hydrogens is 378 g/mol. The van der Waals surface area contributed by atoms with Gasteiger partial charge in [0.15, 0.2) is 0 Å². The summed E-state index contributed by atoms with van der Waals surface area (Å²) in [4.78, 5) is 19.0. The van der Waals surface area contributed by atoms with Gasteiger partial charge < -0.3 is 20.1 Å². The van der Waals surface area contributed by atoms with E-state index in [4.69, 9.17) is 9.72 Å². The molecular formula is C24H33N3O3. The highest BCUT2D eigenvalue weighted by Crippen LogP contribution is 2.37. The van der Waals surface area contributed by atoms with E-state index in [9.17, 15) is 9.90 Å². The van der Waals surface area contributed by atoms with E-state index >= 15 is 0 Å². The first-order chi connectivity index (χ1) is 14.3. The van der Waals surface area contributed by atoms with Crippen LogP contribution in [0.15, 0.2) is 12.1 Å². The summed E-state index contributed by atoms with van der Waals surface area (Å²) in [6.07, 6.45) is 6.67. The summed E-state index contributed by atoms with van der Waals surface area (Å²) in [6.45, 7) is 9.66. The molecule has 0 saturated carbocycles. The molecule has 4 rings (SSSR count). The van der Waals surface area contributed by atoms with E-state index in [1.54, 1.807) is 13.8 Å². The van der Waals surface area contributed by atoms with Crippen molar-refractivity contribution < 1.29 is 14.6 Å². The van der Waals surface area contributed by atoms with E-state index in [2.05, 4.69) is 23.2 Å². The molecule has 1 aliphatic heterocycles. The molecule has 6 nitrogen and oxygen atoms in total. The molecule has 30 heavy (non-hydrogen) atoms. The first-order valence-electron chi connectivity index (χ1n) is 11.2. The number of aromatic nitrogens is 1. The first-order valence-corrected chi connectivity index (χ1v) is 11.2. The Morgan fingerprint density at radius 3 is 2.67 bits per heavy atom. The van der Waals surface area contributed by atoms with Crippen LogP contribution in [0.2, 0.25) is 0 Å². The number of carboxylic acids is 1. The highest BCUT2D eigenvalue weighted by atomic mass is 16.5. The second-order valence-electron chi connectivity index (χ2n) is 9.21. The molecule has 1 saturated heterocycles. The number of aliphatic carboxylic acids is 1. The van der Waals surface area contributed by atoms with Crippen LogP contribution in [0.5, 0.6) is 5.75 Å². The predicted molar refractivity (Wildman–Crippen MR) is 120 cm³/mol. The van der Waals surface area contributed by atoms with Gasteiger partial charge in [-0.05, 0) is 95.1 Å². The average Bonchev–Trinajstić information content (AvgIpc) is 3.38. The van der Waals surface area contributed by atoms with Gasteiger partial charge >= 0.3 is 5.97 Å². The van der Waals surface area contributed by atoms with Crippen molar-refractivity contribution >= 4 is 22.7 Å². The van der Waals surface area contributed by atoms with Crippen molar-refractivity contribution in [2.75, 3.05) is 31.6 Å². The molecule has 2 N–H and O–H groups in total. The van der Waals surface area contributed by atoms with Crippen molar-refractivity contribution in [2.24, 2.45) is 0 Å². The SMILES string of the molecule is Cc1cc2c3c(c(NC(C)(C)C(=O)O)nc2cc1OCCCN1CCCC1)CCC3. The second-order valence-corrected chi connectivity index (χ2v) is 9.21. The predicted octanol–water partition coefficient (Wildman–Crippen LogP) is 4.17. The third kappa shape index (κ3) is 4.24. The summed E-state index contributed by atoms with van der Waals surface area (Å²) in [5.74, 6) is 0.686. The van der Waals surface area contributed by atoms with Crippen molar-refractivity contribution in [2.45, 2.75) is 64.8 Å². The number of nitrogens with one attached hydrogen (secondary N) is 1. The summed E-state index contributed by atoms with van der Waals surface area (Å²) in [5.41, 5.74) is 3.39. The number of aryl methyl sites for hydroxylation is 2. The summed E-state index contributed by atoms with van der Waals surface area (Å²) >= 11 is 0. The van der Waals surface area contributed by atoms with Gasteiger partial charge in [-0.1, -0.05) is 0 Å². The number of carbonyl (C=O) groups is 1. The zero-order valence-electron chi connectivity index (χ0n) is 18.4. The Balaban J connectivity index is 1.57. The maximum atomic E-state index is 11.6. The number of nitrogens with zero attached hydrogens (tertiary/aromatic N) is 2. The molecule has 2 aliphatic rings. The van der Waals surface area contributed by atoms with Crippen LogP contribution in [-0.2, 0) is 17.6 Å². The van der Waals surface area contributed by atoms with Gasteiger partial charge in [0, 0.05) is 18.0 Å². The van der Waals surface area contributed by atoms with Crippen LogP contribution in [0.4, 0.5) is 5.82 Å². The van der Waals surface area contributed by atoms with Gasteiger partial charge in [0.2, 0.25) is 0 Å². The normalized spacial score (nSPS) is 16.8. The molecule has 0 amide bonds. The van der Waals surface area contributed by atoms with Crippen LogP contribution in [0.1, 0.15) is 56.2 Å². The van der Waals surface area contributed by atoms with E-state index in [1.807, 2.05) is 6.07 Å². The number of hydrogen-bond acceptors (Lipinski definition) is 5. The largest absolute Gasteiger partial charge is 0.493 e. The molecule has 0 atom stereocenters. The number of fused-ring (bicyclic) bond motifs is 3. The van der Waals surface area contributed by atoms with Gasteiger partial charge in [-0.3, -0.25) is 0 Å². The van der Waals surface area contributed by atoms with Crippen LogP contribution >= 0.6 is 0 Å². The van der Waals surface area contributed by atoms with Crippen LogP contribution < -0.4 is 10.1 Å². The Labute approximate surface area is 178 Å². The monoisotopic (exact) mass is 411 g/mol. The number of pyridine rings is 1. The first kappa shape index (κ1) is 20.9. The molecule has 0 unspecified atom stereocenters. The number of rotatable bonds is 8. The van der Waals surface area contributed by atoms with E-state index in [1.165, 1.54) is 36.9 Å². The maximum absolute atomic E-state index is 11.6. The molecule has 0 radical (unpaired) electrons. The molecule has 1 aromatic carbocycles. The highest BCUT2D eigenvalue weighted by molar-refractivity contribution is 5.90. The third-order valence-corrected chi connectivity index (χ3v) is 6.39. The average molecular weight is 412 g/mol. The van der Waals surface area contributed by atoms with Crippen molar-refractivity contribution in [3.63, 3.8) is 0 Å². The molecule has 1 aromatic heterocycles. The van der Waals surface area contributed by atoms with Gasteiger partial charge in [-0.25, -0.2) is 9.78 Å². The summed E-state index contributed by atoms with van der Waals surface area (Å²) in [6, 6.07) is 4.21. The Morgan fingerprint density at radius 1 is 1.20 bits per heavy atom. The molecule has 162 valence electrons. The quantitative estimate of drug-likeness (QED) is 0.635. The fourth-order valence-electron chi connectivity index (χ4n) is 4.59. The number of ether oxygens (including phenoxy) is 1. The fraction of sp³-hybridized carbons (Fsp3) is 0.583. The molecule has 0 spiro atoms. The Bertz CT molecular complexity index is 949. The molecule has 1 fully saturated rings. The Morgan fingerprint density at radius 2 is 1.93 bits per heavy atom. The van der Waals surface area contributed by atoms with Crippen LogP contribution in [-0.4, -0.2) is 52.7 Å². The van der Waals surface area contributed by atoms with E-state index < -0.39 is 11.5 Å².